The summed E-state index contributed by atoms with van der Waals surface area (Å²) >= 11 is 0. The van der Waals surface area contributed by atoms with E-state index in [4.69, 9.17) is 11.2 Å². The summed E-state index contributed by atoms with van der Waals surface area (Å²) in [7, 11) is 0. The number of nitrogens with zero attached hydrogens (tertiary/aromatic N) is 1. The third kappa shape index (κ3) is 7.59. The van der Waals surface area contributed by atoms with Crippen LogP contribution in [0.3, 0.4) is 0 Å². The van der Waals surface area contributed by atoms with Gasteiger partial charge in [0.05, 0.1) is 6.61 Å². The molecule has 0 saturated heterocycles. The minimum atomic E-state index is -1.15. The maximum Gasteiger partial charge on any atom is 0.408 e. The van der Waals surface area contributed by atoms with Crippen molar-refractivity contribution in [2.75, 3.05) is 25.0 Å². The molecule has 0 heterocycles. The fourth-order valence-electron chi connectivity index (χ4n) is 3.59. The number of para-hydroxylation sites is 1. The average Bonchev–Trinajstić information content (AvgIpc) is 2.79. The number of ether oxygens (including phenoxy) is 1. The number of nitrogens with one attached hydrogen (secondary N) is 2. The highest BCUT2D eigenvalue weighted by atomic mass is 16.6. The van der Waals surface area contributed by atoms with Crippen LogP contribution in [0.4, 0.5) is 10.5 Å². The van der Waals surface area contributed by atoms with E-state index in [1.54, 1.807) is 45.0 Å². The molecule has 0 aromatic heterocycles. The Morgan fingerprint density at radius 2 is 1.71 bits per heavy atom. The first kappa shape index (κ1) is 27.4. The Bertz CT molecular complexity index is 1090. The number of aliphatic hydroxyl groups excluding tert-OH is 1. The largest absolute Gasteiger partial charge is 0.444 e. The zero-order valence-corrected chi connectivity index (χ0v) is 20.8. The molecular weight excluding hydrogens is 446 g/mol. The van der Waals surface area contributed by atoms with E-state index in [9.17, 15) is 19.5 Å². The quantitative estimate of drug-likeness (QED) is 0.504. The number of aryl methyl sites for hydroxylation is 2. The molecule has 0 radical (unpaired) electrons. The van der Waals surface area contributed by atoms with Gasteiger partial charge in [0.25, 0.3) is 5.91 Å². The average molecular weight is 480 g/mol. The van der Waals surface area contributed by atoms with E-state index in [2.05, 4.69) is 16.6 Å². The fourth-order valence-corrected chi connectivity index (χ4v) is 3.59. The molecule has 3 amide bonds. The van der Waals surface area contributed by atoms with Crippen LogP contribution >= 0.6 is 0 Å². The summed E-state index contributed by atoms with van der Waals surface area (Å²) in [5, 5.41) is 15.1. The van der Waals surface area contributed by atoms with Crippen molar-refractivity contribution in [2.24, 2.45) is 0 Å². The Morgan fingerprint density at radius 1 is 1.09 bits per heavy atom. The van der Waals surface area contributed by atoms with Gasteiger partial charge in [-0.15, -0.1) is 6.42 Å². The molecule has 2 aromatic carbocycles. The number of hydrogen-bond donors (Lipinski definition) is 3. The number of anilines is 1. The van der Waals surface area contributed by atoms with Gasteiger partial charge in [-0.1, -0.05) is 42.3 Å². The van der Waals surface area contributed by atoms with E-state index in [1.165, 1.54) is 4.90 Å². The van der Waals surface area contributed by atoms with Crippen molar-refractivity contribution in [3.05, 3.63) is 64.7 Å². The molecule has 0 aliphatic rings. The minimum Gasteiger partial charge on any atom is -0.444 e. The van der Waals surface area contributed by atoms with Crippen LogP contribution in [0.5, 0.6) is 0 Å². The van der Waals surface area contributed by atoms with E-state index in [1.807, 2.05) is 32.0 Å². The summed E-state index contributed by atoms with van der Waals surface area (Å²) in [6.45, 7) is 7.87. The third-order valence-electron chi connectivity index (χ3n) is 5.14. The van der Waals surface area contributed by atoms with Crippen LogP contribution in [0.1, 0.15) is 49.1 Å². The molecule has 8 heteroatoms. The smallest absolute Gasteiger partial charge is 0.408 e. The van der Waals surface area contributed by atoms with Crippen LogP contribution in [0.2, 0.25) is 0 Å². The van der Waals surface area contributed by atoms with Crippen molar-refractivity contribution in [3.63, 3.8) is 0 Å². The molecule has 35 heavy (non-hydrogen) atoms. The highest BCUT2D eigenvalue weighted by Crippen LogP contribution is 2.28. The van der Waals surface area contributed by atoms with Crippen molar-refractivity contribution in [2.45, 2.75) is 46.3 Å². The molecule has 8 nitrogen and oxygen atoms in total. The number of carbonyl (C=O) groups is 3. The summed E-state index contributed by atoms with van der Waals surface area (Å²) in [4.78, 5) is 40.2. The topological polar surface area (TPSA) is 108 Å². The van der Waals surface area contributed by atoms with Crippen LogP contribution in [-0.2, 0) is 14.3 Å². The number of amides is 3. The van der Waals surface area contributed by atoms with Crippen molar-refractivity contribution in [1.82, 2.24) is 10.2 Å². The summed E-state index contributed by atoms with van der Waals surface area (Å²) in [6.07, 6.45) is 4.92. The van der Waals surface area contributed by atoms with E-state index < -0.39 is 42.7 Å². The molecule has 186 valence electrons. The lowest BCUT2D eigenvalue weighted by Crippen LogP contribution is -2.47. The molecule has 3 N–H and O–H groups in total. The molecule has 0 fully saturated rings. The van der Waals surface area contributed by atoms with Crippen LogP contribution in [0.25, 0.3) is 0 Å². The monoisotopic (exact) mass is 479 g/mol. The first-order valence-corrected chi connectivity index (χ1v) is 11.3. The Hall–Kier alpha value is -3.83. The SMILES string of the molecule is C#Cc1ccccc1C(C(=O)Nc1c(C)cccc1C)N(CCO)C(=O)CNC(=O)OC(C)(C)C. The van der Waals surface area contributed by atoms with Gasteiger partial charge in [-0.05, 0) is 57.4 Å². The number of rotatable bonds is 8. The lowest BCUT2D eigenvalue weighted by molar-refractivity contribution is -0.138. The molecular formula is C27H33N3O5. The van der Waals surface area contributed by atoms with Crippen molar-refractivity contribution in [3.8, 4) is 12.3 Å². The van der Waals surface area contributed by atoms with Gasteiger partial charge in [0.15, 0.2) is 0 Å². The van der Waals surface area contributed by atoms with Gasteiger partial charge in [0, 0.05) is 17.8 Å². The number of hydrogen-bond acceptors (Lipinski definition) is 5. The normalized spacial score (nSPS) is 11.7. The zero-order chi connectivity index (χ0) is 26.2. The predicted octanol–water partition coefficient (Wildman–Crippen LogP) is 3.31. The number of aliphatic hydroxyl groups is 1. The first-order chi connectivity index (χ1) is 16.5. The fraction of sp³-hybridized carbons (Fsp3) is 0.370. The van der Waals surface area contributed by atoms with Crippen molar-refractivity contribution < 1.29 is 24.2 Å². The Morgan fingerprint density at radius 3 is 2.29 bits per heavy atom. The highest BCUT2D eigenvalue weighted by Gasteiger charge is 2.33. The minimum absolute atomic E-state index is 0.154. The maximum atomic E-state index is 13.7. The molecule has 2 rings (SSSR count). The standard InChI is InChI=1S/C27H33N3O5/c1-7-20-13-8-9-14-21(20)24(25(33)29-23-18(2)11-10-12-19(23)3)30(15-16-31)22(32)17-28-26(34)35-27(4,5)6/h1,8-14,24,31H,15-17H2,2-6H3,(H,28,34)(H,29,33). The molecule has 0 bridgehead atoms. The van der Waals surface area contributed by atoms with Crippen LogP contribution in [-0.4, -0.2) is 53.2 Å². The van der Waals surface area contributed by atoms with Gasteiger partial charge in [-0.2, -0.15) is 0 Å². The molecule has 0 saturated carbocycles. The van der Waals surface area contributed by atoms with Crippen molar-refractivity contribution in [1.29, 1.82) is 0 Å². The van der Waals surface area contributed by atoms with E-state index in [-0.39, 0.29) is 6.54 Å². The molecule has 1 unspecified atom stereocenters. The van der Waals surface area contributed by atoms with Crippen molar-refractivity contribution >= 4 is 23.6 Å². The van der Waals surface area contributed by atoms with E-state index in [0.717, 1.165) is 11.1 Å². The second kappa shape index (κ2) is 12.0. The van der Waals surface area contributed by atoms with E-state index in [0.29, 0.717) is 16.8 Å². The van der Waals surface area contributed by atoms with Crippen LogP contribution in [0.15, 0.2) is 42.5 Å². The molecule has 0 aliphatic carbocycles. The van der Waals surface area contributed by atoms with Gasteiger partial charge in [0.2, 0.25) is 5.91 Å². The summed E-state index contributed by atoms with van der Waals surface area (Å²) in [5.74, 6) is 1.48. The second-order valence-electron chi connectivity index (χ2n) is 9.06. The van der Waals surface area contributed by atoms with Gasteiger partial charge in [0.1, 0.15) is 18.2 Å². The third-order valence-corrected chi connectivity index (χ3v) is 5.14. The Balaban J connectivity index is 2.44. The van der Waals surface area contributed by atoms with Gasteiger partial charge in [-0.25, -0.2) is 4.79 Å². The van der Waals surface area contributed by atoms with Crippen LogP contribution in [0, 0.1) is 26.2 Å². The number of benzene rings is 2. The Kier molecular flexibility index (Phi) is 9.43. The molecule has 1 atom stereocenters. The maximum absolute atomic E-state index is 13.7. The van der Waals surface area contributed by atoms with E-state index >= 15 is 0 Å². The summed E-state index contributed by atoms with van der Waals surface area (Å²) in [5.41, 5.74) is 2.46. The lowest BCUT2D eigenvalue weighted by Gasteiger charge is -2.32. The van der Waals surface area contributed by atoms with Gasteiger partial charge >= 0.3 is 6.09 Å². The molecule has 0 aliphatic heterocycles. The highest BCUT2D eigenvalue weighted by molar-refractivity contribution is 5.99. The number of alkyl carbamates (subject to hydrolysis) is 1. The van der Waals surface area contributed by atoms with Gasteiger partial charge < -0.3 is 25.4 Å². The molecule has 0 spiro atoms. The summed E-state index contributed by atoms with van der Waals surface area (Å²) < 4.78 is 5.19. The number of terminal acetylenes is 1. The predicted molar refractivity (Wildman–Crippen MR) is 135 cm³/mol. The Labute approximate surface area is 206 Å². The zero-order valence-electron chi connectivity index (χ0n) is 20.8. The molecule has 2 aromatic rings. The summed E-state index contributed by atoms with van der Waals surface area (Å²) in [6, 6.07) is 11.3. The lowest BCUT2D eigenvalue weighted by atomic mass is 9.97. The number of carbonyl (C=O) groups excluding carboxylic acids is 3. The van der Waals surface area contributed by atoms with Crippen LogP contribution < -0.4 is 10.6 Å². The van der Waals surface area contributed by atoms with Gasteiger partial charge in [-0.3, -0.25) is 9.59 Å². The first-order valence-electron chi connectivity index (χ1n) is 11.3. The second-order valence-corrected chi connectivity index (χ2v) is 9.06.